The van der Waals surface area contributed by atoms with Gasteiger partial charge in [-0.3, -0.25) is 9.36 Å². The molecular weight excluding hydrogens is 334 g/mol. The maximum absolute atomic E-state index is 11.7. The fourth-order valence-corrected chi connectivity index (χ4v) is 3.22. The Labute approximate surface area is 151 Å². The van der Waals surface area contributed by atoms with Gasteiger partial charge >= 0.3 is 5.97 Å². The van der Waals surface area contributed by atoms with E-state index in [1.165, 1.54) is 11.8 Å². The third-order valence-corrected chi connectivity index (χ3v) is 4.45. The van der Waals surface area contributed by atoms with Crippen molar-refractivity contribution < 1.29 is 9.53 Å². The largest absolute Gasteiger partial charge is 0.465 e. The van der Waals surface area contributed by atoms with E-state index in [0.29, 0.717) is 11.8 Å². The fourth-order valence-electron chi connectivity index (χ4n) is 2.47. The summed E-state index contributed by atoms with van der Waals surface area (Å²) in [5.41, 5.74) is 3.09. The number of aryl methyl sites for hydroxylation is 1. The molecule has 0 N–H and O–H groups in total. The number of benzene rings is 2. The van der Waals surface area contributed by atoms with E-state index in [2.05, 4.69) is 16.3 Å². The number of para-hydroxylation sites is 1. The Morgan fingerprint density at radius 1 is 1.12 bits per heavy atom. The van der Waals surface area contributed by atoms with Crippen LogP contribution in [0.1, 0.15) is 12.5 Å². The summed E-state index contributed by atoms with van der Waals surface area (Å²) in [5, 5.41) is 9.33. The summed E-state index contributed by atoms with van der Waals surface area (Å²) in [6.45, 7) is 4.22. The molecule has 25 heavy (non-hydrogen) atoms. The van der Waals surface area contributed by atoms with Crippen LogP contribution in [0.5, 0.6) is 0 Å². The molecule has 0 spiro atoms. The number of esters is 1. The van der Waals surface area contributed by atoms with Crippen molar-refractivity contribution in [2.75, 3.05) is 12.4 Å². The van der Waals surface area contributed by atoms with Gasteiger partial charge in [0.2, 0.25) is 0 Å². The van der Waals surface area contributed by atoms with E-state index in [0.717, 1.165) is 22.6 Å². The number of nitrogens with zero attached hydrogens (tertiary/aromatic N) is 3. The quantitative estimate of drug-likeness (QED) is 0.497. The standard InChI is InChI=1S/C19H19N3O2S/c1-3-24-17(23)13-25-19-21-20-18(15-9-7-8-14(2)12-15)22(19)16-10-5-4-6-11-16/h4-12H,3,13H2,1-2H3. The lowest BCUT2D eigenvalue weighted by Gasteiger charge is -2.10. The molecule has 0 saturated heterocycles. The Morgan fingerprint density at radius 3 is 2.64 bits per heavy atom. The lowest BCUT2D eigenvalue weighted by molar-refractivity contribution is -0.139. The van der Waals surface area contributed by atoms with Crippen LogP contribution in [0.15, 0.2) is 59.8 Å². The van der Waals surface area contributed by atoms with Gasteiger partial charge < -0.3 is 4.74 Å². The van der Waals surface area contributed by atoms with E-state index in [4.69, 9.17) is 4.74 Å². The van der Waals surface area contributed by atoms with E-state index in [1.54, 1.807) is 6.92 Å². The first kappa shape index (κ1) is 17.2. The predicted octanol–water partition coefficient (Wildman–Crippen LogP) is 3.90. The van der Waals surface area contributed by atoms with Gasteiger partial charge in [-0.05, 0) is 32.0 Å². The fraction of sp³-hybridized carbons (Fsp3) is 0.211. The molecule has 0 atom stereocenters. The molecule has 0 fully saturated rings. The summed E-state index contributed by atoms with van der Waals surface area (Å²) in [4.78, 5) is 11.7. The summed E-state index contributed by atoms with van der Waals surface area (Å²) in [5.74, 6) is 0.695. The molecule has 2 aromatic carbocycles. The van der Waals surface area contributed by atoms with E-state index >= 15 is 0 Å². The highest BCUT2D eigenvalue weighted by Gasteiger charge is 2.17. The molecule has 3 rings (SSSR count). The van der Waals surface area contributed by atoms with Gasteiger partial charge in [-0.25, -0.2) is 0 Å². The first-order chi connectivity index (χ1) is 12.2. The first-order valence-electron chi connectivity index (χ1n) is 8.05. The summed E-state index contributed by atoms with van der Waals surface area (Å²) in [7, 11) is 0. The molecule has 5 nitrogen and oxygen atoms in total. The third kappa shape index (κ3) is 4.09. The van der Waals surface area contributed by atoms with Crippen molar-refractivity contribution in [1.82, 2.24) is 14.8 Å². The van der Waals surface area contributed by atoms with Gasteiger partial charge in [-0.2, -0.15) is 0 Å². The average Bonchev–Trinajstić information content (AvgIpc) is 3.05. The van der Waals surface area contributed by atoms with Gasteiger partial charge in [-0.1, -0.05) is 53.7 Å². The van der Waals surface area contributed by atoms with E-state index < -0.39 is 0 Å². The third-order valence-electron chi connectivity index (χ3n) is 3.55. The molecule has 1 heterocycles. The second-order valence-electron chi connectivity index (χ2n) is 5.44. The molecule has 128 valence electrons. The van der Waals surface area contributed by atoms with Gasteiger partial charge in [0.05, 0.1) is 12.4 Å². The zero-order valence-electron chi connectivity index (χ0n) is 14.2. The van der Waals surface area contributed by atoms with Crippen LogP contribution in [0, 0.1) is 6.92 Å². The molecule has 3 aromatic rings. The Kier molecular flexibility index (Phi) is 5.50. The molecule has 0 radical (unpaired) electrons. The van der Waals surface area contributed by atoms with Crippen LogP contribution >= 0.6 is 11.8 Å². The number of hydrogen-bond donors (Lipinski definition) is 0. The van der Waals surface area contributed by atoms with Crippen molar-refractivity contribution in [2.24, 2.45) is 0 Å². The maximum Gasteiger partial charge on any atom is 0.316 e. The molecule has 6 heteroatoms. The van der Waals surface area contributed by atoms with Gasteiger partial charge in [0.25, 0.3) is 0 Å². The lowest BCUT2D eigenvalue weighted by Crippen LogP contribution is -2.08. The van der Waals surface area contributed by atoms with Crippen molar-refractivity contribution in [2.45, 2.75) is 19.0 Å². The minimum atomic E-state index is -0.257. The number of ether oxygens (including phenoxy) is 1. The molecule has 0 bridgehead atoms. The molecule has 1 aromatic heterocycles. The normalized spacial score (nSPS) is 10.6. The van der Waals surface area contributed by atoms with Crippen LogP contribution in [0.4, 0.5) is 0 Å². The summed E-state index contributed by atoms with van der Waals surface area (Å²) >= 11 is 1.32. The minimum Gasteiger partial charge on any atom is -0.465 e. The summed E-state index contributed by atoms with van der Waals surface area (Å²) in [6, 6.07) is 18.0. The minimum absolute atomic E-state index is 0.201. The van der Waals surface area contributed by atoms with E-state index in [-0.39, 0.29) is 11.7 Å². The number of thioether (sulfide) groups is 1. The zero-order valence-corrected chi connectivity index (χ0v) is 15.0. The molecule has 0 aliphatic rings. The average molecular weight is 353 g/mol. The second-order valence-corrected chi connectivity index (χ2v) is 6.38. The number of carbonyl (C=O) groups excluding carboxylic acids is 1. The zero-order chi connectivity index (χ0) is 17.6. The number of carbonyl (C=O) groups is 1. The number of aromatic nitrogens is 3. The van der Waals surface area contributed by atoms with E-state index in [9.17, 15) is 4.79 Å². The van der Waals surface area contributed by atoms with Crippen LogP contribution in [0.25, 0.3) is 17.1 Å². The Morgan fingerprint density at radius 2 is 1.92 bits per heavy atom. The smallest absolute Gasteiger partial charge is 0.316 e. The summed E-state index contributed by atoms with van der Waals surface area (Å²) in [6.07, 6.45) is 0. The number of hydrogen-bond acceptors (Lipinski definition) is 5. The Bertz CT molecular complexity index is 862. The van der Waals surface area contributed by atoms with Crippen molar-refractivity contribution in [1.29, 1.82) is 0 Å². The highest BCUT2D eigenvalue weighted by Crippen LogP contribution is 2.28. The van der Waals surface area contributed by atoms with Crippen molar-refractivity contribution in [3.63, 3.8) is 0 Å². The van der Waals surface area contributed by atoms with Crippen LogP contribution in [0.2, 0.25) is 0 Å². The predicted molar refractivity (Wildman–Crippen MR) is 98.9 cm³/mol. The van der Waals surface area contributed by atoms with Crippen molar-refractivity contribution in [3.8, 4) is 17.1 Å². The molecule has 0 saturated carbocycles. The Balaban J connectivity index is 2.00. The van der Waals surface area contributed by atoms with Gasteiger partial charge in [0.15, 0.2) is 11.0 Å². The van der Waals surface area contributed by atoms with E-state index in [1.807, 2.05) is 60.0 Å². The lowest BCUT2D eigenvalue weighted by atomic mass is 10.1. The highest BCUT2D eigenvalue weighted by molar-refractivity contribution is 7.99. The monoisotopic (exact) mass is 353 g/mol. The van der Waals surface area contributed by atoms with Crippen LogP contribution < -0.4 is 0 Å². The van der Waals surface area contributed by atoms with Gasteiger partial charge in [0.1, 0.15) is 0 Å². The van der Waals surface area contributed by atoms with Crippen LogP contribution in [-0.2, 0) is 9.53 Å². The molecule has 0 amide bonds. The Hall–Kier alpha value is -2.60. The number of rotatable bonds is 6. The molecular formula is C19H19N3O2S. The molecule has 0 aliphatic carbocycles. The van der Waals surface area contributed by atoms with Crippen molar-refractivity contribution in [3.05, 3.63) is 60.2 Å². The summed E-state index contributed by atoms with van der Waals surface area (Å²) < 4.78 is 6.97. The second kappa shape index (κ2) is 7.98. The van der Waals surface area contributed by atoms with Crippen LogP contribution in [0.3, 0.4) is 0 Å². The van der Waals surface area contributed by atoms with Gasteiger partial charge in [-0.15, -0.1) is 10.2 Å². The topological polar surface area (TPSA) is 57.0 Å². The molecule has 0 unspecified atom stereocenters. The van der Waals surface area contributed by atoms with Crippen molar-refractivity contribution >= 4 is 17.7 Å². The van der Waals surface area contributed by atoms with Crippen LogP contribution in [-0.4, -0.2) is 33.1 Å². The SMILES string of the molecule is CCOC(=O)CSc1nnc(-c2cccc(C)c2)n1-c1ccccc1. The first-order valence-corrected chi connectivity index (χ1v) is 9.04. The molecule has 0 aliphatic heterocycles. The van der Waals surface area contributed by atoms with Gasteiger partial charge in [0, 0.05) is 11.3 Å². The maximum atomic E-state index is 11.7. The highest BCUT2D eigenvalue weighted by atomic mass is 32.2.